The summed E-state index contributed by atoms with van der Waals surface area (Å²) in [5.41, 5.74) is 1.82. The van der Waals surface area contributed by atoms with E-state index in [9.17, 15) is 4.79 Å². The van der Waals surface area contributed by atoms with E-state index >= 15 is 0 Å². The quantitative estimate of drug-likeness (QED) is 0.479. The Hall–Kier alpha value is -1.92. The number of hydrogen-bond acceptors (Lipinski definition) is 5. The van der Waals surface area contributed by atoms with Crippen molar-refractivity contribution in [1.82, 2.24) is 9.97 Å². The van der Waals surface area contributed by atoms with Gasteiger partial charge >= 0.3 is 5.97 Å². The molecular formula is C18H13BrN2O2S. The second kappa shape index (κ2) is 6.53. The van der Waals surface area contributed by atoms with Crippen LogP contribution in [-0.4, -0.2) is 27.8 Å². The molecule has 4 nitrogen and oxygen atoms in total. The van der Waals surface area contributed by atoms with Crippen molar-refractivity contribution in [1.29, 1.82) is 0 Å². The number of nitrogens with zero attached hydrogens (tertiary/aromatic N) is 2. The molecule has 0 bridgehead atoms. The molecule has 0 saturated carbocycles. The summed E-state index contributed by atoms with van der Waals surface area (Å²) >= 11 is 4.91. The first-order chi connectivity index (χ1) is 11.7. The van der Waals surface area contributed by atoms with E-state index in [4.69, 9.17) is 9.72 Å². The molecule has 3 aromatic rings. The number of rotatable bonds is 3. The number of carbonyl (C=O) groups is 1. The molecule has 0 N–H and O–H groups in total. The first-order valence-electron chi connectivity index (χ1n) is 7.57. The normalized spacial score (nSPS) is 17.2. The number of halogens is 1. The summed E-state index contributed by atoms with van der Waals surface area (Å²) in [6, 6.07) is 15.8. The van der Waals surface area contributed by atoms with Crippen molar-refractivity contribution in [3.05, 3.63) is 53.0 Å². The van der Waals surface area contributed by atoms with Gasteiger partial charge in [-0.1, -0.05) is 58.0 Å². The molecule has 120 valence electrons. The first kappa shape index (κ1) is 15.6. The summed E-state index contributed by atoms with van der Waals surface area (Å²) < 4.78 is 6.08. The molecule has 4 rings (SSSR count). The van der Waals surface area contributed by atoms with Crippen molar-refractivity contribution in [2.24, 2.45) is 0 Å². The Balaban J connectivity index is 1.81. The molecule has 24 heavy (non-hydrogen) atoms. The predicted octanol–water partition coefficient (Wildman–Crippen LogP) is 4.47. The van der Waals surface area contributed by atoms with Crippen LogP contribution in [0.25, 0.3) is 22.3 Å². The zero-order valence-corrected chi connectivity index (χ0v) is 15.0. The second-order valence-electron chi connectivity index (χ2n) is 5.44. The third-order valence-electron chi connectivity index (χ3n) is 3.81. The van der Waals surface area contributed by atoms with Crippen LogP contribution < -0.4 is 0 Å². The van der Waals surface area contributed by atoms with Gasteiger partial charge in [0.2, 0.25) is 0 Å². The lowest BCUT2D eigenvalue weighted by atomic mass is 10.2. The number of fused-ring (bicyclic) bond motifs is 1. The highest BCUT2D eigenvalue weighted by atomic mass is 79.9. The zero-order chi connectivity index (χ0) is 16.5. The molecule has 1 aromatic heterocycles. The van der Waals surface area contributed by atoms with Crippen LogP contribution in [0, 0.1) is 0 Å². The second-order valence-corrected chi connectivity index (χ2v) is 7.55. The minimum atomic E-state index is -0.193. The van der Waals surface area contributed by atoms with E-state index in [2.05, 4.69) is 20.9 Å². The van der Waals surface area contributed by atoms with Crippen molar-refractivity contribution in [3.63, 3.8) is 0 Å². The summed E-state index contributed by atoms with van der Waals surface area (Å²) in [6.45, 7) is 0.485. The standard InChI is InChI=1S/C18H13BrN2O2S/c19-12-7-5-11(6-8-12)16-20-14-4-2-1-3-13(14)17(21-16)24-15-9-10-23-18(15)22/h1-8,15H,9-10H2. The molecule has 1 saturated heterocycles. The number of esters is 1. The number of benzene rings is 2. The van der Waals surface area contributed by atoms with E-state index in [-0.39, 0.29) is 11.2 Å². The van der Waals surface area contributed by atoms with Crippen LogP contribution in [0.4, 0.5) is 0 Å². The molecule has 0 aliphatic carbocycles. The van der Waals surface area contributed by atoms with Crippen LogP contribution in [0.15, 0.2) is 58.0 Å². The molecule has 1 fully saturated rings. The van der Waals surface area contributed by atoms with Gasteiger partial charge in [0.25, 0.3) is 0 Å². The average Bonchev–Trinajstić information content (AvgIpc) is 3.00. The molecule has 2 heterocycles. The number of aromatic nitrogens is 2. The van der Waals surface area contributed by atoms with Gasteiger partial charge in [-0.15, -0.1) is 0 Å². The van der Waals surface area contributed by atoms with Crippen LogP contribution in [0.2, 0.25) is 0 Å². The Labute approximate surface area is 151 Å². The third-order valence-corrected chi connectivity index (χ3v) is 5.59. The number of hydrogen-bond donors (Lipinski definition) is 0. The van der Waals surface area contributed by atoms with Gasteiger partial charge in [-0.25, -0.2) is 9.97 Å². The van der Waals surface area contributed by atoms with Crippen molar-refractivity contribution in [2.45, 2.75) is 16.7 Å². The number of para-hydroxylation sites is 1. The molecule has 6 heteroatoms. The summed E-state index contributed by atoms with van der Waals surface area (Å²) in [6.07, 6.45) is 0.718. The van der Waals surface area contributed by atoms with E-state index < -0.39 is 0 Å². The minimum Gasteiger partial charge on any atom is -0.465 e. The summed E-state index contributed by atoms with van der Waals surface area (Å²) in [5.74, 6) is 0.503. The van der Waals surface area contributed by atoms with Gasteiger partial charge in [0.05, 0.1) is 12.1 Å². The molecule has 1 aliphatic heterocycles. The molecule has 2 aromatic carbocycles. The molecule has 0 amide bonds. The van der Waals surface area contributed by atoms with Gasteiger partial charge in [0.15, 0.2) is 5.82 Å². The maximum atomic E-state index is 11.8. The van der Waals surface area contributed by atoms with Crippen LogP contribution in [0.5, 0.6) is 0 Å². The zero-order valence-electron chi connectivity index (χ0n) is 12.6. The predicted molar refractivity (Wildman–Crippen MR) is 97.9 cm³/mol. The molecule has 0 spiro atoms. The fourth-order valence-corrected chi connectivity index (χ4v) is 3.94. The molecule has 1 aliphatic rings. The Morgan fingerprint density at radius 2 is 1.88 bits per heavy atom. The maximum absolute atomic E-state index is 11.8. The van der Waals surface area contributed by atoms with E-state index in [1.807, 2.05) is 48.5 Å². The van der Waals surface area contributed by atoms with Crippen LogP contribution >= 0.6 is 27.7 Å². The van der Waals surface area contributed by atoms with Crippen molar-refractivity contribution in [2.75, 3.05) is 6.61 Å². The highest BCUT2D eigenvalue weighted by Crippen LogP contribution is 2.34. The Bertz CT molecular complexity index is 915. The Kier molecular flexibility index (Phi) is 4.24. The number of thioether (sulfide) groups is 1. The number of ether oxygens (including phenoxy) is 1. The largest absolute Gasteiger partial charge is 0.465 e. The summed E-state index contributed by atoms with van der Waals surface area (Å²) in [4.78, 5) is 21.2. The third kappa shape index (κ3) is 3.03. The van der Waals surface area contributed by atoms with Crippen molar-refractivity contribution >= 4 is 44.6 Å². The molecule has 1 atom stereocenters. The topological polar surface area (TPSA) is 52.1 Å². The lowest BCUT2D eigenvalue weighted by molar-refractivity contribution is -0.137. The fourth-order valence-electron chi connectivity index (χ4n) is 2.58. The summed E-state index contributed by atoms with van der Waals surface area (Å²) in [5, 5.41) is 1.59. The lowest BCUT2D eigenvalue weighted by Gasteiger charge is -2.10. The van der Waals surface area contributed by atoms with Crippen LogP contribution in [-0.2, 0) is 9.53 Å². The first-order valence-corrected chi connectivity index (χ1v) is 9.24. The maximum Gasteiger partial charge on any atom is 0.319 e. The average molecular weight is 401 g/mol. The SMILES string of the molecule is O=C1OCCC1Sc1nc(-c2ccc(Br)cc2)nc2ccccc12. The van der Waals surface area contributed by atoms with Crippen LogP contribution in [0.1, 0.15) is 6.42 Å². The highest BCUT2D eigenvalue weighted by molar-refractivity contribution is 9.10. The monoisotopic (exact) mass is 400 g/mol. The van der Waals surface area contributed by atoms with Gasteiger partial charge in [-0.3, -0.25) is 4.79 Å². The van der Waals surface area contributed by atoms with Gasteiger partial charge in [-0.2, -0.15) is 0 Å². The van der Waals surface area contributed by atoms with Crippen LogP contribution in [0.3, 0.4) is 0 Å². The smallest absolute Gasteiger partial charge is 0.319 e. The molecule has 1 unspecified atom stereocenters. The van der Waals surface area contributed by atoms with E-state index in [0.29, 0.717) is 12.4 Å². The lowest BCUT2D eigenvalue weighted by Crippen LogP contribution is -2.10. The highest BCUT2D eigenvalue weighted by Gasteiger charge is 2.28. The number of carbonyl (C=O) groups excluding carboxylic acids is 1. The van der Waals surface area contributed by atoms with Crippen molar-refractivity contribution < 1.29 is 9.53 Å². The minimum absolute atomic E-state index is 0.159. The number of cyclic esters (lactones) is 1. The fraction of sp³-hybridized carbons (Fsp3) is 0.167. The van der Waals surface area contributed by atoms with Gasteiger partial charge in [0.1, 0.15) is 10.3 Å². The van der Waals surface area contributed by atoms with E-state index in [0.717, 1.165) is 32.4 Å². The summed E-state index contributed by atoms with van der Waals surface area (Å²) in [7, 11) is 0. The van der Waals surface area contributed by atoms with Crippen molar-refractivity contribution in [3.8, 4) is 11.4 Å². The van der Waals surface area contributed by atoms with E-state index in [1.54, 1.807) is 0 Å². The van der Waals surface area contributed by atoms with E-state index in [1.165, 1.54) is 11.8 Å². The molecule has 0 radical (unpaired) electrons. The Morgan fingerprint density at radius 3 is 2.62 bits per heavy atom. The van der Waals surface area contributed by atoms with Gasteiger partial charge in [0, 0.05) is 21.8 Å². The van der Waals surface area contributed by atoms with Gasteiger partial charge < -0.3 is 4.74 Å². The Morgan fingerprint density at radius 1 is 1.08 bits per heavy atom. The van der Waals surface area contributed by atoms with Gasteiger partial charge in [-0.05, 0) is 18.2 Å². The molecular weight excluding hydrogens is 388 g/mol.